The van der Waals surface area contributed by atoms with Gasteiger partial charge in [-0.05, 0) is 68.6 Å². The van der Waals surface area contributed by atoms with Crippen molar-refractivity contribution in [2.75, 3.05) is 11.9 Å². The number of hydrogen-bond acceptors (Lipinski definition) is 3. The van der Waals surface area contributed by atoms with Crippen molar-refractivity contribution >= 4 is 23.5 Å². The lowest BCUT2D eigenvalue weighted by Gasteiger charge is -2.33. The molecule has 2 N–H and O–H groups in total. The van der Waals surface area contributed by atoms with Gasteiger partial charge in [0.25, 0.3) is 5.91 Å². The zero-order valence-electron chi connectivity index (χ0n) is 14.7. The molecule has 2 amide bonds. The van der Waals surface area contributed by atoms with E-state index >= 15 is 0 Å². The van der Waals surface area contributed by atoms with Gasteiger partial charge in [-0.2, -0.15) is 0 Å². The number of nitrogens with one attached hydrogen (secondary N) is 1. The maximum absolute atomic E-state index is 12.8. The van der Waals surface area contributed by atoms with E-state index in [4.69, 9.17) is 0 Å². The minimum Gasteiger partial charge on any atom is -0.480 e. The SMILES string of the molecule is O=C(Nc1cccc(C(=O)N2CCCCC2C(=O)O)c1)C1CC1C1CC1. The van der Waals surface area contributed by atoms with Crippen LogP contribution >= 0.6 is 0 Å². The second kappa shape index (κ2) is 6.74. The number of carboxylic acids is 1. The number of carboxylic acid groups (broad SMARTS) is 1. The number of rotatable bonds is 5. The Morgan fingerprint density at radius 2 is 1.92 bits per heavy atom. The first-order chi connectivity index (χ1) is 12.5. The van der Waals surface area contributed by atoms with Gasteiger partial charge in [0.2, 0.25) is 5.91 Å². The van der Waals surface area contributed by atoms with Crippen molar-refractivity contribution in [3.63, 3.8) is 0 Å². The van der Waals surface area contributed by atoms with Crippen LogP contribution in [-0.4, -0.2) is 40.4 Å². The number of carbonyl (C=O) groups is 3. The predicted molar refractivity (Wildman–Crippen MR) is 95.7 cm³/mol. The molecule has 0 aromatic heterocycles. The molecule has 26 heavy (non-hydrogen) atoms. The van der Waals surface area contributed by atoms with Crippen LogP contribution in [0, 0.1) is 17.8 Å². The molecule has 1 aromatic carbocycles. The minimum atomic E-state index is -0.956. The van der Waals surface area contributed by atoms with E-state index in [-0.39, 0.29) is 17.7 Å². The normalized spacial score (nSPS) is 27.7. The summed E-state index contributed by atoms with van der Waals surface area (Å²) in [7, 11) is 0. The molecule has 6 nitrogen and oxygen atoms in total. The van der Waals surface area contributed by atoms with Crippen molar-refractivity contribution in [1.82, 2.24) is 4.90 Å². The van der Waals surface area contributed by atoms with Crippen LogP contribution in [0.5, 0.6) is 0 Å². The van der Waals surface area contributed by atoms with Gasteiger partial charge >= 0.3 is 5.97 Å². The highest BCUT2D eigenvalue weighted by Gasteiger charge is 2.51. The number of anilines is 1. The number of benzene rings is 1. The summed E-state index contributed by atoms with van der Waals surface area (Å²) in [6.45, 7) is 0.456. The molecule has 3 atom stereocenters. The first kappa shape index (κ1) is 17.1. The summed E-state index contributed by atoms with van der Waals surface area (Å²) in [6.07, 6.45) is 5.60. The van der Waals surface area contributed by atoms with Crippen LogP contribution < -0.4 is 5.32 Å². The van der Waals surface area contributed by atoms with Crippen molar-refractivity contribution in [2.24, 2.45) is 17.8 Å². The second-order valence-corrected chi connectivity index (χ2v) is 7.76. The van der Waals surface area contributed by atoms with E-state index in [1.165, 1.54) is 17.7 Å². The average Bonchev–Trinajstić information content (AvgIpc) is 3.53. The van der Waals surface area contributed by atoms with E-state index in [2.05, 4.69) is 5.32 Å². The summed E-state index contributed by atoms with van der Waals surface area (Å²) in [5.74, 6) is 0.196. The first-order valence-corrected chi connectivity index (χ1v) is 9.49. The van der Waals surface area contributed by atoms with Gasteiger partial charge in [0.05, 0.1) is 0 Å². The summed E-state index contributed by atoms with van der Waals surface area (Å²) in [5.41, 5.74) is 1.02. The molecule has 1 aliphatic heterocycles. The number of aliphatic carboxylic acids is 1. The van der Waals surface area contributed by atoms with Crippen molar-refractivity contribution in [2.45, 2.75) is 44.6 Å². The molecule has 0 radical (unpaired) electrons. The van der Waals surface area contributed by atoms with E-state index in [9.17, 15) is 19.5 Å². The lowest BCUT2D eigenvalue weighted by atomic mass is 10.0. The maximum atomic E-state index is 12.8. The molecule has 3 unspecified atom stereocenters. The van der Waals surface area contributed by atoms with Gasteiger partial charge in [0, 0.05) is 23.7 Å². The van der Waals surface area contributed by atoms with Crippen molar-refractivity contribution in [3.8, 4) is 0 Å². The van der Waals surface area contributed by atoms with Crippen molar-refractivity contribution in [3.05, 3.63) is 29.8 Å². The van der Waals surface area contributed by atoms with E-state index < -0.39 is 12.0 Å². The van der Waals surface area contributed by atoms with Crippen LogP contribution in [0.3, 0.4) is 0 Å². The molecular formula is C20H24N2O4. The van der Waals surface area contributed by atoms with E-state index in [0.29, 0.717) is 30.1 Å². The monoisotopic (exact) mass is 356 g/mol. The Balaban J connectivity index is 1.43. The van der Waals surface area contributed by atoms with Gasteiger partial charge in [-0.3, -0.25) is 9.59 Å². The number of likely N-dealkylation sites (tertiary alicyclic amines) is 1. The molecule has 2 aliphatic carbocycles. The van der Waals surface area contributed by atoms with E-state index in [0.717, 1.165) is 25.2 Å². The maximum Gasteiger partial charge on any atom is 0.326 e. The molecule has 4 rings (SSSR count). The largest absolute Gasteiger partial charge is 0.480 e. The van der Waals surface area contributed by atoms with E-state index in [1.807, 2.05) is 0 Å². The Bertz CT molecular complexity index is 743. The van der Waals surface area contributed by atoms with Gasteiger partial charge in [-0.15, -0.1) is 0 Å². The van der Waals surface area contributed by atoms with Crippen molar-refractivity contribution < 1.29 is 19.5 Å². The topological polar surface area (TPSA) is 86.7 Å². The summed E-state index contributed by atoms with van der Waals surface area (Å²) >= 11 is 0. The van der Waals surface area contributed by atoms with Gasteiger partial charge < -0.3 is 15.3 Å². The fourth-order valence-electron chi connectivity index (χ4n) is 4.12. The van der Waals surface area contributed by atoms with Crippen LogP contribution in [-0.2, 0) is 9.59 Å². The van der Waals surface area contributed by atoms with Crippen LogP contribution in [0.1, 0.15) is 48.9 Å². The van der Waals surface area contributed by atoms with Crippen LogP contribution in [0.4, 0.5) is 5.69 Å². The van der Waals surface area contributed by atoms with Gasteiger partial charge in [0.1, 0.15) is 6.04 Å². The number of piperidine rings is 1. The molecule has 3 fully saturated rings. The third-order valence-corrected chi connectivity index (χ3v) is 5.83. The van der Waals surface area contributed by atoms with Crippen molar-refractivity contribution in [1.29, 1.82) is 0 Å². The third-order valence-electron chi connectivity index (χ3n) is 5.83. The lowest BCUT2D eigenvalue weighted by Crippen LogP contribution is -2.48. The molecule has 1 heterocycles. The minimum absolute atomic E-state index is 0.0351. The van der Waals surface area contributed by atoms with Gasteiger partial charge in [-0.25, -0.2) is 4.79 Å². The highest BCUT2D eigenvalue weighted by Crippen LogP contribution is 2.54. The quantitative estimate of drug-likeness (QED) is 0.849. The Morgan fingerprint density at radius 3 is 2.65 bits per heavy atom. The molecule has 138 valence electrons. The van der Waals surface area contributed by atoms with E-state index in [1.54, 1.807) is 24.3 Å². The Morgan fingerprint density at radius 1 is 1.12 bits per heavy atom. The number of hydrogen-bond donors (Lipinski definition) is 2. The lowest BCUT2D eigenvalue weighted by molar-refractivity contribution is -0.143. The molecule has 2 saturated carbocycles. The fraction of sp³-hybridized carbons (Fsp3) is 0.550. The summed E-state index contributed by atoms with van der Waals surface area (Å²) in [5, 5.41) is 12.3. The average molecular weight is 356 g/mol. The summed E-state index contributed by atoms with van der Waals surface area (Å²) in [6, 6.07) is 6.07. The molecule has 3 aliphatic rings. The Hall–Kier alpha value is -2.37. The highest BCUT2D eigenvalue weighted by atomic mass is 16.4. The summed E-state index contributed by atoms with van der Waals surface area (Å²) in [4.78, 5) is 38.0. The summed E-state index contributed by atoms with van der Waals surface area (Å²) < 4.78 is 0. The number of amides is 2. The molecule has 1 aromatic rings. The molecule has 0 bridgehead atoms. The predicted octanol–water partition coefficient (Wildman–Crippen LogP) is 2.75. The Kier molecular flexibility index (Phi) is 4.42. The number of carbonyl (C=O) groups excluding carboxylic acids is 2. The van der Waals surface area contributed by atoms with Gasteiger partial charge in [-0.1, -0.05) is 6.07 Å². The Labute approximate surface area is 152 Å². The zero-order chi connectivity index (χ0) is 18.3. The molecular weight excluding hydrogens is 332 g/mol. The standard InChI is InChI=1S/C20H24N2O4/c23-18(16-11-15(16)12-7-8-12)21-14-5-3-4-13(10-14)19(24)22-9-2-1-6-17(22)20(25)26/h3-5,10,12,15-17H,1-2,6-9,11H2,(H,21,23)(H,25,26). The second-order valence-electron chi connectivity index (χ2n) is 7.76. The third kappa shape index (κ3) is 3.45. The molecule has 0 spiro atoms. The van der Waals surface area contributed by atoms with Crippen LogP contribution in [0.25, 0.3) is 0 Å². The highest BCUT2D eigenvalue weighted by molar-refractivity contribution is 5.99. The van der Waals surface area contributed by atoms with Crippen LogP contribution in [0.2, 0.25) is 0 Å². The zero-order valence-corrected chi connectivity index (χ0v) is 14.7. The molecule has 6 heteroatoms. The first-order valence-electron chi connectivity index (χ1n) is 9.49. The van der Waals surface area contributed by atoms with Gasteiger partial charge in [0.15, 0.2) is 0 Å². The van der Waals surface area contributed by atoms with Crippen LogP contribution in [0.15, 0.2) is 24.3 Å². The molecule has 1 saturated heterocycles. The number of nitrogens with zero attached hydrogens (tertiary/aromatic N) is 1. The smallest absolute Gasteiger partial charge is 0.326 e. The fourth-order valence-corrected chi connectivity index (χ4v) is 4.12.